The standard InChI is InChI=1S/C20H20N8O4S/c1-10-5-7-11(8-6-10)28-16(30)12(15(29)23-19(28)33)9-21-24-18-22-14-13(25(18)2)17(31)27(4)20(32)26(14)3/h5-9,30H,1-4H3,(H,22,24)(H,23,29,33)/b21-9+. The van der Waals surface area contributed by atoms with Crippen molar-refractivity contribution in [3.63, 3.8) is 0 Å². The highest BCUT2D eigenvalue weighted by molar-refractivity contribution is 7.71. The number of anilines is 1. The van der Waals surface area contributed by atoms with E-state index in [1.807, 2.05) is 19.1 Å². The van der Waals surface area contributed by atoms with Crippen LogP contribution < -0.4 is 22.2 Å². The van der Waals surface area contributed by atoms with E-state index < -0.39 is 16.8 Å². The van der Waals surface area contributed by atoms with Crippen molar-refractivity contribution in [2.45, 2.75) is 6.92 Å². The number of aryl methyl sites for hydroxylation is 3. The van der Waals surface area contributed by atoms with Gasteiger partial charge in [-0.25, -0.2) is 10.2 Å². The van der Waals surface area contributed by atoms with Crippen LogP contribution >= 0.6 is 12.2 Å². The van der Waals surface area contributed by atoms with E-state index in [9.17, 15) is 19.5 Å². The van der Waals surface area contributed by atoms with Crippen molar-refractivity contribution >= 4 is 35.5 Å². The summed E-state index contributed by atoms with van der Waals surface area (Å²) < 4.78 is 5.01. The minimum Gasteiger partial charge on any atom is -0.494 e. The van der Waals surface area contributed by atoms with Gasteiger partial charge in [-0.3, -0.25) is 28.3 Å². The zero-order valence-corrected chi connectivity index (χ0v) is 19.0. The molecule has 0 fully saturated rings. The minimum absolute atomic E-state index is 0.0265. The Morgan fingerprint density at radius 2 is 1.76 bits per heavy atom. The van der Waals surface area contributed by atoms with Crippen LogP contribution in [0.3, 0.4) is 0 Å². The number of aromatic nitrogens is 6. The predicted molar refractivity (Wildman–Crippen MR) is 126 cm³/mol. The zero-order valence-electron chi connectivity index (χ0n) is 18.2. The largest absolute Gasteiger partial charge is 0.494 e. The first-order valence-electron chi connectivity index (χ1n) is 9.68. The Bertz CT molecular complexity index is 1670. The van der Waals surface area contributed by atoms with Crippen LogP contribution in [0.15, 0.2) is 43.8 Å². The van der Waals surface area contributed by atoms with Gasteiger partial charge in [0, 0.05) is 21.1 Å². The van der Waals surface area contributed by atoms with Gasteiger partial charge in [0.2, 0.25) is 11.8 Å². The second-order valence-corrected chi connectivity index (χ2v) is 7.80. The quantitative estimate of drug-likeness (QED) is 0.226. The molecule has 0 unspecified atom stereocenters. The summed E-state index contributed by atoms with van der Waals surface area (Å²) in [5.74, 6) is -0.235. The summed E-state index contributed by atoms with van der Waals surface area (Å²) in [5, 5.41) is 14.7. The van der Waals surface area contributed by atoms with E-state index in [1.54, 1.807) is 19.2 Å². The number of nitrogens with zero attached hydrogens (tertiary/aromatic N) is 6. The molecule has 0 saturated heterocycles. The molecule has 0 atom stereocenters. The van der Waals surface area contributed by atoms with Crippen LogP contribution in [0.4, 0.5) is 5.95 Å². The zero-order chi connectivity index (χ0) is 24.0. The number of hydrogen-bond donors (Lipinski definition) is 3. The lowest BCUT2D eigenvalue weighted by molar-refractivity contribution is 0.432. The lowest BCUT2D eigenvalue weighted by atomic mass is 10.2. The van der Waals surface area contributed by atoms with Crippen LogP contribution in [0.1, 0.15) is 11.1 Å². The molecule has 3 heterocycles. The van der Waals surface area contributed by atoms with Crippen LogP contribution in [-0.2, 0) is 21.1 Å². The third kappa shape index (κ3) is 3.57. The number of nitrogens with one attached hydrogen (secondary N) is 2. The van der Waals surface area contributed by atoms with E-state index in [2.05, 4.69) is 20.5 Å². The molecule has 13 heteroatoms. The Kier molecular flexibility index (Phi) is 5.33. The van der Waals surface area contributed by atoms with Crippen molar-refractivity contribution in [2.24, 2.45) is 26.2 Å². The number of aromatic hydroxyl groups is 1. The topological polar surface area (TPSA) is 144 Å². The van der Waals surface area contributed by atoms with E-state index in [-0.39, 0.29) is 33.3 Å². The molecule has 0 spiro atoms. The molecule has 0 amide bonds. The fraction of sp³-hybridized carbons (Fsp3) is 0.200. The summed E-state index contributed by atoms with van der Waals surface area (Å²) in [7, 11) is 4.46. The van der Waals surface area contributed by atoms with Gasteiger partial charge in [0.15, 0.2) is 15.9 Å². The van der Waals surface area contributed by atoms with Gasteiger partial charge < -0.3 is 9.67 Å². The van der Waals surface area contributed by atoms with Gasteiger partial charge in [-0.2, -0.15) is 10.1 Å². The van der Waals surface area contributed by atoms with Crippen LogP contribution in [0, 0.1) is 11.7 Å². The Morgan fingerprint density at radius 3 is 2.42 bits per heavy atom. The summed E-state index contributed by atoms with van der Waals surface area (Å²) in [4.78, 5) is 43.8. The van der Waals surface area contributed by atoms with Crippen molar-refractivity contribution in [2.75, 3.05) is 5.43 Å². The number of H-pyrrole nitrogens is 1. The summed E-state index contributed by atoms with van der Waals surface area (Å²) in [5.41, 5.74) is 2.81. The maximum atomic E-state index is 12.5. The van der Waals surface area contributed by atoms with Crippen LogP contribution in [0.2, 0.25) is 0 Å². The van der Waals surface area contributed by atoms with Crippen molar-refractivity contribution in [3.05, 3.63) is 71.4 Å². The minimum atomic E-state index is -0.632. The molecule has 0 aliphatic carbocycles. The molecule has 3 N–H and O–H groups in total. The fourth-order valence-electron chi connectivity index (χ4n) is 3.36. The highest BCUT2D eigenvalue weighted by Gasteiger charge is 2.17. The van der Waals surface area contributed by atoms with Gasteiger partial charge in [-0.05, 0) is 31.3 Å². The normalized spacial score (nSPS) is 11.5. The lowest BCUT2D eigenvalue weighted by Gasteiger charge is -2.11. The molecule has 0 aliphatic heterocycles. The average molecular weight is 468 g/mol. The lowest BCUT2D eigenvalue weighted by Crippen LogP contribution is -2.37. The second-order valence-electron chi connectivity index (χ2n) is 7.41. The SMILES string of the molecule is Cc1ccc(-n2c(O)c(/C=N/Nc3nc4c(c(=O)n(C)c(=O)n4C)n3C)c(=O)[nH]c2=S)cc1. The predicted octanol–water partition coefficient (Wildman–Crippen LogP) is 0.639. The Morgan fingerprint density at radius 1 is 1.09 bits per heavy atom. The summed E-state index contributed by atoms with van der Waals surface area (Å²) in [6.45, 7) is 1.92. The molecule has 0 saturated carbocycles. The molecule has 0 bridgehead atoms. The Labute approximate surface area is 190 Å². The molecule has 170 valence electrons. The number of hydrazone groups is 1. The molecule has 4 aromatic rings. The molecule has 12 nitrogen and oxygen atoms in total. The first kappa shape index (κ1) is 22.0. The van der Waals surface area contributed by atoms with Crippen LogP contribution in [0.25, 0.3) is 16.9 Å². The fourth-order valence-corrected chi connectivity index (χ4v) is 3.65. The molecule has 33 heavy (non-hydrogen) atoms. The number of aromatic amines is 1. The van der Waals surface area contributed by atoms with Gasteiger partial charge >= 0.3 is 5.69 Å². The monoisotopic (exact) mass is 468 g/mol. The van der Waals surface area contributed by atoms with Gasteiger partial charge in [-0.15, -0.1) is 0 Å². The van der Waals surface area contributed by atoms with Gasteiger partial charge in [0.1, 0.15) is 5.56 Å². The Balaban J connectivity index is 1.75. The molecule has 0 aliphatic rings. The summed E-state index contributed by atoms with van der Waals surface area (Å²) in [6, 6.07) is 7.21. The number of fused-ring (bicyclic) bond motifs is 1. The summed E-state index contributed by atoms with van der Waals surface area (Å²) >= 11 is 5.20. The second kappa shape index (κ2) is 8.02. The third-order valence-corrected chi connectivity index (χ3v) is 5.53. The average Bonchev–Trinajstić information content (AvgIpc) is 3.10. The van der Waals surface area contributed by atoms with E-state index >= 15 is 0 Å². The van der Waals surface area contributed by atoms with Gasteiger partial charge in [-0.1, -0.05) is 17.7 Å². The molecular formula is C20H20N8O4S. The Hall–Kier alpha value is -4.26. The van der Waals surface area contributed by atoms with Crippen LogP contribution in [-0.4, -0.2) is 39.6 Å². The van der Waals surface area contributed by atoms with Gasteiger partial charge in [0.05, 0.1) is 11.9 Å². The van der Waals surface area contributed by atoms with E-state index in [0.717, 1.165) is 16.3 Å². The molecule has 1 aromatic carbocycles. The molecular weight excluding hydrogens is 448 g/mol. The van der Waals surface area contributed by atoms with E-state index in [1.165, 1.54) is 27.8 Å². The highest BCUT2D eigenvalue weighted by Crippen LogP contribution is 2.19. The van der Waals surface area contributed by atoms with Crippen molar-refractivity contribution in [1.82, 2.24) is 28.2 Å². The maximum absolute atomic E-state index is 12.5. The smallest absolute Gasteiger partial charge is 0.332 e. The first-order valence-corrected chi connectivity index (χ1v) is 10.1. The van der Waals surface area contributed by atoms with Crippen LogP contribution in [0.5, 0.6) is 5.88 Å². The molecule has 3 aromatic heterocycles. The van der Waals surface area contributed by atoms with Gasteiger partial charge in [0.25, 0.3) is 11.1 Å². The van der Waals surface area contributed by atoms with E-state index in [4.69, 9.17) is 12.2 Å². The number of hydrogen-bond acceptors (Lipinski definition) is 8. The number of imidazole rings is 1. The van der Waals surface area contributed by atoms with Crippen molar-refractivity contribution < 1.29 is 5.11 Å². The molecule has 4 rings (SSSR count). The van der Waals surface area contributed by atoms with Crippen molar-refractivity contribution in [3.8, 4) is 11.6 Å². The maximum Gasteiger partial charge on any atom is 0.332 e. The highest BCUT2D eigenvalue weighted by atomic mass is 32.1. The number of benzene rings is 1. The third-order valence-electron chi connectivity index (χ3n) is 5.25. The molecule has 0 radical (unpaired) electrons. The first-order chi connectivity index (χ1) is 15.6. The van der Waals surface area contributed by atoms with Crippen molar-refractivity contribution in [1.29, 1.82) is 0 Å². The van der Waals surface area contributed by atoms with E-state index in [0.29, 0.717) is 5.69 Å². The summed E-state index contributed by atoms with van der Waals surface area (Å²) in [6.07, 6.45) is 1.12. The number of rotatable bonds is 4.